The van der Waals surface area contributed by atoms with Gasteiger partial charge in [0.25, 0.3) is 5.91 Å². The lowest BCUT2D eigenvalue weighted by molar-refractivity contribution is -0.132. The second-order valence-corrected chi connectivity index (χ2v) is 14.1. The van der Waals surface area contributed by atoms with Crippen molar-refractivity contribution in [2.45, 2.75) is 78.7 Å². The van der Waals surface area contributed by atoms with Crippen molar-refractivity contribution in [3.8, 4) is 11.3 Å². The van der Waals surface area contributed by atoms with Crippen molar-refractivity contribution in [3.63, 3.8) is 0 Å². The highest BCUT2D eigenvalue weighted by Gasteiger charge is 2.37. The van der Waals surface area contributed by atoms with Crippen LogP contribution >= 0.6 is 0 Å². The Morgan fingerprint density at radius 1 is 0.804 bits per heavy atom. The normalized spacial score (nSPS) is 15.4. The second kappa shape index (κ2) is 18.3. The van der Waals surface area contributed by atoms with E-state index in [1.807, 2.05) is 36.4 Å². The van der Waals surface area contributed by atoms with E-state index in [9.17, 15) is 24.3 Å². The van der Waals surface area contributed by atoms with E-state index < -0.39 is 95.7 Å². The molecule has 4 amide bonds. The van der Waals surface area contributed by atoms with Crippen LogP contribution < -0.4 is 21.4 Å². The van der Waals surface area contributed by atoms with Gasteiger partial charge in [0.2, 0.25) is 5.91 Å². The average molecular weight is 710 g/mol. The van der Waals surface area contributed by atoms with Gasteiger partial charge in [0, 0.05) is 24.8 Å². The Morgan fingerprint density at radius 3 is 1.88 bits per heavy atom. The highest BCUT2D eigenvalue weighted by atomic mass is 16.5. The van der Waals surface area contributed by atoms with Crippen molar-refractivity contribution >= 4 is 24.0 Å². The monoisotopic (exact) mass is 709 g/mol. The smallest absolute Gasteiger partial charge is 0.407 e. The van der Waals surface area contributed by atoms with E-state index in [0.29, 0.717) is 5.56 Å². The zero-order chi connectivity index (χ0) is 42.1. The number of rotatable bonds is 14. The van der Waals surface area contributed by atoms with Crippen LogP contribution in [0.15, 0.2) is 78.9 Å². The van der Waals surface area contributed by atoms with E-state index in [-0.39, 0.29) is 18.7 Å². The molecule has 0 radical (unpaired) electrons. The number of benzene rings is 2. The number of carbonyl (C=O) groups excluding carboxylic acids is 4. The van der Waals surface area contributed by atoms with Gasteiger partial charge in [0.1, 0.15) is 12.1 Å². The molecule has 0 fully saturated rings. The van der Waals surface area contributed by atoms with E-state index in [4.69, 9.17) is 16.3 Å². The lowest BCUT2D eigenvalue weighted by atomic mass is 9.85. The van der Waals surface area contributed by atoms with Gasteiger partial charge in [-0.05, 0) is 40.5 Å². The number of hydrogen-bond donors (Lipinski definition) is 5. The Morgan fingerprint density at radius 2 is 1.37 bits per heavy atom. The van der Waals surface area contributed by atoms with Crippen molar-refractivity contribution in [2.75, 3.05) is 20.8 Å². The zero-order valence-corrected chi connectivity index (χ0v) is 30.3. The van der Waals surface area contributed by atoms with Gasteiger partial charge >= 0.3 is 12.2 Å². The van der Waals surface area contributed by atoms with Crippen LogP contribution in [0.4, 0.5) is 9.59 Å². The maximum Gasteiger partial charge on any atom is 0.407 e. The Bertz CT molecular complexity index is 1830. The molecule has 3 aromatic rings. The number of aliphatic hydroxyl groups is 1. The molecule has 4 atom stereocenters. The summed E-state index contributed by atoms with van der Waals surface area (Å²) in [5, 5.41) is 21.1. The standard InChI is InChI=1S/C38H52N6O7/c1-37(2,3)31(41-35(48)50-7)33(46)40-29(22-25-14-10-9-11-15-25)30(45)24-44(43-34(47)32(38(4,5)6)42-36(49)51-8)23-26-17-19-27(20-18-26)28-16-12-13-21-39-28/h9-21,29-32,45H,22-24H2,1-8H3,(H,40,46)(H,41,48)(H,42,49)(H,43,47)/t29-,30-,31+,32+/m1/s1/i9D,10D,11D,14D,15D. The number of aromatic nitrogens is 1. The van der Waals surface area contributed by atoms with Gasteiger partial charge in [-0.3, -0.25) is 20.0 Å². The summed E-state index contributed by atoms with van der Waals surface area (Å²) in [6.45, 7) is 9.92. The molecule has 0 spiro atoms. The maximum atomic E-state index is 13.9. The largest absolute Gasteiger partial charge is 0.453 e. The molecule has 13 heteroatoms. The number of amides is 4. The minimum absolute atomic E-state index is 0.00420. The van der Waals surface area contributed by atoms with Crippen molar-refractivity contribution in [1.82, 2.24) is 31.4 Å². The fraction of sp³-hybridized carbons (Fsp3) is 0.447. The SMILES string of the molecule is [2H]c1c([2H])c([2H])c(C[C@@H](NC(=O)[C@H](NC(=O)OC)C(C)(C)C)[C@H](O)CN(Cc2ccc(-c3ccccn3)cc2)NC(=O)[C@H](NC(=O)OC)C(C)(C)C)c([2H])c1[2H]. The molecule has 0 aliphatic heterocycles. The number of nitrogens with one attached hydrogen (secondary N) is 4. The molecule has 0 aliphatic carbocycles. The van der Waals surface area contributed by atoms with E-state index in [0.717, 1.165) is 18.4 Å². The number of hydrazine groups is 1. The lowest BCUT2D eigenvalue weighted by Gasteiger charge is -2.35. The van der Waals surface area contributed by atoms with Crippen molar-refractivity contribution in [1.29, 1.82) is 0 Å². The average Bonchev–Trinajstić information content (AvgIpc) is 3.14. The zero-order valence-electron chi connectivity index (χ0n) is 35.3. The summed E-state index contributed by atoms with van der Waals surface area (Å²) in [5.41, 5.74) is 3.18. The van der Waals surface area contributed by atoms with Gasteiger partial charge in [-0.15, -0.1) is 0 Å². The minimum atomic E-state index is -1.58. The van der Waals surface area contributed by atoms with Gasteiger partial charge in [0.15, 0.2) is 0 Å². The molecular weight excluding hydrogens is 652 g/mol. The first-order valence-electron chi connectivity index (χ1n) is 18.9. The predicted molar refractivity (Wildman–Crippen MR) is 194 cm³/mol. The fourth-order valence-electron chi connectivity index (χ4n) is 5.11. The summed E-state index contributed by atoms with van der Waals surface area (Å²) in [4.78, 5) is 56.7. The van der Waals surface area contributed by atoms with Gasteiger partial charge in [0.05, 0.1) is 38.9 Å². The summed E-state index contributed by atoms with van der Waals surface area (Å²) >= 11 is 0. The third kappa shape index (κ3) is 12.7. The molecule has 0 aliphatic rings. The molecule has 0 unspecified atom stereocenters. The van der Waals surface area contributed by atoms with Crippen LogP contribution in [-0.2, 0) is 32.0 Å². The lowest BCUT2D eigenvalue weighted by Crippen LogP contribution is -2.60. The van der Waals surface area contributed by atoms with Gasteiger partial charge in [-0.2, -0.15) is 0 Å². The van der Waals surface area contributed by atoms with Crippen LogP contribution in [0.1, 0.15) is 59.5 Å². The summed E-state index contributed by atoms with van der Waals surface area (Å²) in [5.74, 6) is -1.41. The third-order valence-corrected chi connectivity index (χ3v) is 7.88. The van der Waals surface area contributed by atoms with Crippen LogP contribution in [-0.4, -0.2) is 84.1 Å². The molecule has 0 saturated heterocycles. The van der Waals surface area contributed by atoms with Crippen molar-refractivity contribution in [3.05, 3.63) is 90.0 Å². The minimum Gasteiger partial charge on any atom is -0.453 e. The van der Waals surface area contributed by atoms with Gasteiger partial charge < -0.3 is 30.5 Å². The number of aliphatic hydroxyl groups excluding tert-OH is 1. The van der Waals surface area contributed by atoms with Crippen LogP contribution in [0, 0.1) is 10.8 Å². The number of ether oxygens (including phenoxy) is 2. The Balaban J connectivity index is 2.09. The Hall–Kier alpha value is -5.01. The topological polar surface area (TPSA) is 171 Å². The molecule has 2 aromatic carbocycles. The molecule has 0 bridgehead atoms. The number of carbonyl (C=O) groups is 4. The summed E-state index contributed by atoms with van der Waals surface area (Å²) in [6, 6.07) is 6.29. The van der Waals surface area contributed by atoms with Crippen LogP contribution in [0.3, 0.4) is 0 Å². The van der Waals surface area contributed by atoms with Gasteiger partial charge in [-0.1, -0.05) is 102 Å². The van der Waals surface area contributed by atoms with Gasteiger partial charge in [-0.25, -0.2) is 14.6 Å². The first-order chi connectivity index (χ1) is 26.1. The molecule has 3 rings (SSSR count). The Labute approximate surface area is 307 Å². The van der Waals surface area contributed by atoms with Crippen LogP contribution in [0.25, 0.3) is 11.3 Å². The molecule has 13 nitrogen and oxygen atoms in total. The second-order valence-electron chi connectivity index (χ2n) is 14.1. The number of pyridine rings is 1. The molecule has 51 heavy (non-hydrogen) atoms. The van der Waals surface area contributed by atoms with Crippen molar-refractivity contribution in [2.24, 2.45) is 10.8 Å². The molecule has 5 N–H and O–H groups in total. The van der Waals surface area contributed by atoms with E-state index in [2.05, 4.69) is 26.4 Å². The van der Waals surface area contributed by atoms with E-state index in [1.165, 1.54) is 12.1 Å². The molecule has 1 heterocycles. The van der Waals surface area contributed by atoms with E-state index in [1.54, 1.807) is 53.8 Å². The summed E-state index contributed by atoms with van der Waals surface area (Å²) in [6.07, 6.45) is -2.07. The quantitative estimate of drug-likeness (QED) is 0.154. The third-order valence-electron chi connectivity index (χ3n) is 7.88. The Kier molecular flexibility index (Phi) is 11.9. The number of hydrogen-bond acceptors (Lipinski definition) is 9. The first-order valence-corrected chi connectivity index (χ1v) is 16.4. The van der Waals surface area contributed by atoms with Crippen LogP contribution in [0.5, 0.6) is 0 Å². The summed E-state index contributed by atoms with van der Waals surface area (Å²) in [7, 11) is 2.30. The van der Waals surface area contributed by atoms with Crippen molar-refractivity contribution < 1.29 is 40.6 Å². The number of nitrogens with zero attached hydrogens (tertiary/aromatic N) is 2. The molecular formula is C38H52N6O7. The van der Waals surface area contributed by atoms with E-state index >= 15 is 0 Å². The van der Waals surface area contributed by atoms with Crippen LogP contribution in [0.2, 0.25) is 0 Å². The summed E-state index contributed by atoms with van der Waals surface area (Å²) < 4.78 is 51.0. The maximum absolute atomic E-state index is 13.9. The first kappa shape index (κ1) is 33.2. The predicted octanol–water partition coefficient (Wildman–Crippen LogP) is 4.21. The molecule has 1 aromatic heterocycles. The molecule has 276 valence electrons. The molecule has 0 saturated carbocycles. The number of alkyl carbamates (subject to hydrolysis) is 2. The highest BCUT2D eigenvalue weighted by Crippen LogP contribution is 2.23. The highest BCUT2D eigenvalue weighted by molar-refractivity contribution is 5.87. The number of methoxy groups -OCH3 is 2. The fourth-order valence-corrected chi connectivity index (χ4v) is 5.11.